The molecular formula is C20H14ClFN4O3S. The molecule has 4 rings (SSSR count). The maximum Gasteiger partial charge on any atom is 0.271 e. The molecule has 152 valence electrons. The van der Waals surface area contributed by atoms with Crippen LogP contribution in [0.2, 0.25) is 5.02 Å². The summed E-state index contributed by atoms with van der Waals surface area (Å²) in [6.45, 7) is 2.27. The number of hydrogen-bond donors (Lipinski definition) is 1. The lowest BCUT2D eigenvalue weighted by atomic mass is 10.2. The van der Waals surface area contributed by atoms with E-state index < -0.39 is 16.6 Å². The summed E-state index contributed by atoms with van der Waals surface area (Å²) < 4.78 is 15.8. The van der Waals surface area contributed by atoms with Crippen molar-refractivity contribution in [1.82, 2.24) is 9.78 Å². The first-order valence-corrected chi connectivity index (χ1v) is 9.98. The van der Waals surface area contributed by atoms with Gasteiger partial charge in [0, 0.05) is 22.5 Å². The van der Waals surface area contributed by atoms with Crippen molar-refractivity contribution < 1.29 is 14.1 Å². The molecule has 2 aromatic heterocycles. The molecule has 0 aliphatic rings. The molecule has 0 radical (unpaired) electrons. The minimum absolute atomic E-state index is 0.249. The van der Waals surface area contributed by atoms with Crippen molar-refractivity contribution >= 4 is 50.4 Å². The summed E-state index contributed by atoms with van der Waals surface area (Å²) in [4.78, 5) is 24.0. The molecule has 7 nitrogen and oxygen atoms in total. The van der Waals surface area contributed by atoms with Crippen LogP contribution in [0.3, 0.4) is 0 Å². The predicted molar refractivity (Wildman–Crippen MR) is 114 cm³/mol. The van der Waals surface area contributed by atoms with Gasteiger partial charge in [-0.15, -0.1) is 11.3 Å². The van der Waals surface area contributed by atoms with Crippen LogP contribution in [-0.4, -0.2) is 20.6 Å². The average molecular weight is 445 g/mol. The smallest absolute Gasteiger partial charge is 0.271 e. The molecule has 0 aliphatic carbocycles. The Balaban J connectivity index is 1.64. The van der Waals surface area contributed by atoms with Crippen molar-refractivity contribution in [1.29, 1.82) is 0 Å². The Morgan fingerprint density at radius 2 is 2.07 bits per heavy atom. The lowest BCUT2D eigenvalue weighted by molar-refractivity contribution is -0.384. The Kier molecular flexibility index (Phi) is 5.23. The van der Waals surface area contributed by atoms with Crippen LogP contribution in [0.15, 0.2) is 48.5 Å². The van der Waals surface area contributed by atoms with Crippen LogP contribution in [-0.2, 0) is 6.54 Å². The molecule has 0 bridgehead atoms. The number of nitrogens with zero attached hydrogens (tertiary/aromatic N) is 3. The number of carbonyl (C=O) groups excluding carboxylic acids is 1. The highest BCUT2D eigenvalue weighted by molar-refractivity contribution is 7.20. The van der Waals surface area contributed by atoms with Crippen molar-refractivity contribution in [2.24, 2.45) is 0 Å². The van der Waals surface area contributed by atoms with Gasteiger partial charge in [-0.3, -0.25) is 19.6 Å². The van der Waals surface area contributed by atoms with Crippen LogP contribution in [0.1, 0.15) is 20.9 Å². The number of aromatic nitrogens is 2. The Bertz CT molecular complexity index is 1300. The molecule has 0 aliphatic heterocycles. The van der Waals surface area contributed by atoms with E-state index in [0.29, 0.717) is 16.4 Å². The van der Waals surface area contributed by atoms with E-state index in [1.807, 2.05) is 25.1 Å². The number of nitrogens with one attached hydrogen (secondary N) is 1. The first-order valence-electron chi connectivity index (χ1n) is 8.79. The van der Waals surface area contributed by atoms with E-state index in [1.54, 1.807) is 16.8 Å². The van der Waals surface area contributed by atoms with Crippen molar-refractivity contribution in [2.75, 3.05) is 5.32 Å². The number of fused-ring (bicyclic) bond motifs is 1. The first kappa shape index (κ1) is 20.0. The third-order valence-corrected chi connectivity index (χ3v) is 6.03. The SMILES string of the molecule is Cc1nn(Cc2ccccc2Cl)c2sc(C(=O)Nc3cc([N+](=O)[O-])ccc3F)cc12. The Morgan fingerprint density at radius 3 is 2.80 bits per heavy atom. The molecule has 0 atom stereocenters. The number of hydrogen-bond acceptors (Lipinski definition) is 5. The van der Waals surface area contributed by atoms with Crippen molar-refractivity contribution in [3.8, 4) is 0 Å². The normalized spacial score (nSPS) is 11.0. The Morgan fingerprint density at radius 1 is 1.30 bits per heavy atom. The summed E-state index contributed by atoms with van der Waals surface area (Å²) in [5, 5.41) is 19.3. The Labute approximate surface area is 178 Å². The van der Waals surface area contributed by atoms with E-state index in [9.17, 15) is 19.3 Å². The first-order chi connectivity index (χ1) is 14.3. The molecule has 2 heterocycles. The van der Waals surface area contributed by atoms with E-state index in [4.69, 9.17) is 11.6 Å². The number of rotatable bonds is 5. The third-order valence-electron chi connectivity index (χ3n) is 4.52. The zero-order valence-electron chi connectivity index (χ0n) is 15.6. The number of anilines is 1. The molecule has 30 heavy (non-hydrogen) atoms. The lowest BCUT2D eigenvalue weighted by Gasteiger charge is -2.06. The highest BCUT2D eigenvalue weighted by Crippen LogP contribution is 2.31. The zero-order chi connectivity index (χ0) is 21.4. The summed E-state index contributed by atoms with van der Waals surface area (Å²) >= 11 is 7.45. The number of halogens is 2. The molecule has 0 saturated heterocycles. The van der Waals surface area contributed by atoms with E-state index in [2.05, 4.69) is 10.4 Å². The van der Waals surface area contributed by atoms with Crippen LogP contribution >= 0.6 is 22.9 Å². The monoisotopic (exact) mass is 444 g/mol. The number of non-ortho nitro benzene ring substituents is 1. The quantitative estimate of drug-likeness (QED) is 0.329. The molecule has 2 aromatic carbocycles. The number of carbonyl (C=O) groups is 1. The van der Waals surface area contributed by atoms with Crippen LogP contribution in [0.25, 0.3) is 10.2 Å². The number of thiophene rings is 1. The minimum atomic E-state index is -0.754. The molecule has 0 spiro atoms. The van der Waals surface area contributed by atoms with Gasteiger partial charge in [0.2, 0.25) is 0 Å². The second-order valence-electron chi connectivity index (χ2n) is 6.54. The third kappa shape index (κ3) is 3.77. The second kappa shape index (κ2) is 7.85. The standard InChI is InChI=1S/C20H14ClFN4O3S/c1-11-14-9-18(19(27)23-17-8-13(26(28)29)6-7-16(17)22)30-20(14)25(24-11)10-12-4-2-3-5-15(12)21/h2-9H,10H2,1H3,(H,23,27). The molecule has 4 aromatic rings. The summed E-state index contributed by atoms with van der Waals surface area (Å²) in [6.07, 6.45) is 0. The van der Waals surface area contributed by atoms with Crippen LogP contribution in [0.4, 0.5) is 15.8 Å². The largest absolute Gasteiger partial charge is 0.319 e. The van der Waals surface area contributed by atoms with Gasteiger partial charge in [-0.1, -0.05) is 29.8 Å². The van der Waals surface area contributed by atoms with Crippen molar-refractivity contribution in [3.63, 3.8) is 0 Å². The highest BCUT2D eigenvalue weighted by Gasteiger charge is 2.19. The molecule has 0 unspecified atom stereocenters. The van der Waals surface area contributed by atoms with E-state index in [-0.39, 0.29) is 11.4 Å². The van der Waals surface area contributed by atoms with E-state index >= 15 is 0 Å². The maximum absolute atomic E-state index is 14.0. The van der Waals surface area contributed by atoms with Crippen LogP contribution in [0, 0.1) is 22.9 Å². The van der Waals surface area contributed by atoms with Crippen molar-refractivity contribution in [3.05, 3.63) is 85.6 Å². The van der Waals surface area contributed by atoms with Gasteiger partial charge in [0.05, 0.1) is 27.7 Å². The van der Waals surface area contributed by atoms with Gasteiger partial charge in [0.1, 0.15) is 10.6 Å². The number of aryl methyl sites for hydroxylation is 1. The molecule has 0 fully saturated rings. The molecule has 1 N–H and O–H groups in total. The van der Waals surface area contributed by atoms with Gasteiger partial charge in [-0.05, 0) is 30.7 Å². The summed E-state index contributed by atoms with van der Waals surface area (Å²) in [7, 11) is 0. The molecule has 10 heteroatoms. The fraction of sp³-hybridized carbons (Fsp3) is 0.100. The fourth-order valence-corrected chi connectivity index (χ4v) is 4.28. The number of amides is 1. The minimum Gasteiger partial charge on any atom is -0.319 e. The summed E-state index contributed by atoms with van der Waals surface area (Å²) in [5.41, 5.74) is 1.07. The fourth-order valence-electron chi connectivity index (χ4n) is 3.03. The average Bonchev–Trinajstić information content (AvgIpc) is 3.27. The van der Waals surface area contributed by atoms with Gasteiger partial charge in [-0.25, -0.2) is 4.39 Å². The number of nitro benzene ring substituents is 1. The van der Waals surface area contributed by atoms with E-state index in [0.717, 1.165) is 39.7 Å². The maximum atomic E-state index is 14.0. The summed E-state index contributed by atoms with van der Waals surface area (Å²) in [5.74, 6) is -1.31. The topological polar surface area (TPSA) is 90.1 Å². The lowest BCUT2D eigenvalue weighted by Crippen LogP contribution is -2.11. The molecule has 0 saturated carbocycles. The van der Waals surface area contributed by atoms with Crippen LogP contribution in [0.5, 0.6) is 0 Å². The van der Waals surface area contributed by atoms with Gasteiger partial charge in [0.25, 0.3) is 11.6 Å². The van der Waals surface area contributed by atoms with Crippen molar-refractivity contribution in [2.45, 2.75) is 13.5 Å². The molecular weight excluding hydrogens is 431 g/mol. The predicted octanol–water partition coefficient (Wildman–Crippen LogP) is 5.41. The molecule has 1 amide bonds. The number of nitro groups is 1. The second-order valence-corrected chi connectivity index (χ2v) is 7.98. The van der Waals surface area contributed by atoms with E-state index in [1.165, 1.54) is 11.3 Å². The van der Waals surface area contributed by atoms with Gasteiger partial charge < -0.3 is 5.32 Å². The Hall–Kier alpha value is -3.30. The van der Waals surface area contributed by atoms with Crippen LogP contribution < -0.4 is 5.32 Å². The number of benzene rings is 2. The van der Waals surface area contributed by atoms with Gasteiger partial charge in [0.15, 0.2) is 0 Å². The van der Waals surface area contributed by atoms with Gasteiger partial charge in [-0.2, -0.15) is 5.10 Å². The summed E-state index contributed by atoms with van der Waals surface area (Å²) in [6, 6.07) is 12.1. The highest BCUT2D eigenvalue weighted by atomic mass is 35.5. The zero-order valence-corrected chi connectivity index (χ0v) is 17.1. The van der Waals surface area contributed by atoms with Gasteiger partial charge >= 0.3 is 0 Å².